The average Bonchev–Trinajstić information content (AvgIpc) is 3.78. The van der Waals surface area contributed by atoms with Gasteiger partial charge in [-0.3, -0.25) is 4.79 Å². The summed E-state index contributed by atoms with van der Waals surface area (Å²) >= 11 is 0. The van der Waals surface area contributed by atoms with Crippen LogP contribution in [0.5, 0.6) is 0 Å². The van der Waals surface area contributed by atoms with Crippen LogP contribution in [0.4, 0.5) is 9.59 Å². The Morgan fingerprint density at radius 2 is 1.82 bits per heavy atom. The van der Waals surface area contributed by atoms with E-state index in [1.54, 1.807) is 27.9 Å². The number of nitrogens with one attached hydrogen (secondary N) is 3. The van der Waals surface area contributed by atoms with Crippen molar-refractivity contribution in [2.75, 3.05) is 33.4 Å². The van der Waals surface area contributed by atoms with Gasteiger partial charge in [-0.1, -0.05) is 18.6 Å². The molecule has 3 aliphatic rings. The molecular weight excluding hydrogens is 506 g/mol. The smallest absolute Gasteiger partial charge is 0.408 e. The molecule has 6 atom stereocenters. The molecule has 11 heteroatoms. The summed E-state index contributed by atoms with van der Waals surface area (Å²) < 4.78 is 29.3. The van der Waals surface area contributed by atoms with E-state index in [0.717, 1.165) is 12.8 Å². The van der Waals surface area contributed by atoms with Gasteiger partial charge in [0.15, 0.2) is 0 Å². The lowest BCUT2D eigenvalue weighted by atomic mass is 9.68. The molecule has 1 spiro atoms. The van der Waals surface area contributed by atoms with Crippen molar-refractivity contribution in [2.45, 2.75) is 109 Å². The van der Waals surface area contributed by atoms with Gasteiger partial charge in [0.05, 0.1) is 24.2 Å². The summed E-state index contributed by atoms with van der Waals surface area (Å²) in [5.41, 5.74) is -0.323. The van der Waals surface area contributed by atoms with E-state index < -0.39 is 29.4 Å². The fraction of sp³-hybridized carbons (Fsp3) is 0.821. The quantitative estimate of drug-likeness (QED) is 0.179. The van der Waals surface area contributed by atoms with E-state index in [1.165, 1.54) is 5.57 Å². The first-order valence-electron chi connectivity index (χ1n) is 14.0. The summed E-state index contributed by atoms with van der Waals surface area (Å²) in [5, 5.41) is 8.18. The molecule has 3 N–H and O–H groups in total. The molecule has 1 aliphatic carbocycles. The molecule has 3 unspecified atom stereocenters. The SMILES string of the molecule is CCC(=O)NCCCNC(=O)OCC(C)(C)NC(=O)OC1CC[C@]2(CO2)C([C@@]2(C)O[C@@H]2CC=C(C)C)C1OC. The highest BCUT2D eigenvalue weighted by atomic mass is 16.6. The molecule has 2 aliphatic heterocycles. The van der Waals surface area contributed by atoms with Crippen molar-refractivity contribution in [3.05, 3.63) is 11.6 Å². The summed E-state index contributed by atoms with van der Waals surface area (Å²) in [7, 11) is 1.64. The van der Waals surface area contributed by atoms with Gasteiger partial charge in [0.25, 0.3) is 0 Å². The van der Waals surface area contributed by atoms with Gasteiger partial charge in [-0.2, -0.15) is 0 Å². The van der Waals surface area contributed by atoms with Gasteiger partial charge in [0, 0.05) is 26.6 Å². The highest BCUT2D eigenvalue weighted by Gasteiger charge is 2.72. The predicted octanol–water partition coefficient (Wildman–Crippen LogP) is 3.21. The molecule has 3 rings (SSSR count). The summed E-state index contributed by atoms with van der Waals surface area (Å²) in [6, 6.07) is 0. The first kappa shape index (κ1) is 31.2. The Hall–Kier alpha value is -2.37. The minimum atomic E-state index is -0.859. The van der Waals surface area contributed by atoms with Crippen molar-refractivity contribution < 1.29 is 38.1 Å². The van der Waals surface area contributed by atoms with E-state index in [1.807, 2.05) is 0 Å². The molecule has 39 heavy (non-hydrogen) atoms. The van der Waals surface area contributed by atoms with Crippen molar-refractivity contribution >= 4 is 18.1 Å². The zero-order valence-electron chi connectivity index (χ0n) is 24.5. The Balaban J connectivity index is 1.47. The number of amides is 3. The van der Waals surface area contributed by atoms with Gasteiger partial charge in [0.1, 0.15) is 30.0 Å². The Bertz CT molecular complexity index is 914. The monoisotopic (exact) mass is 553 g/mol. The normalized spacial score (nSPS) is 31.2. The first-order chi connectivity index (χ1) is 18.4. The lowest BCUT2D eigenvalue weighted by molar-refractivity contribution is -0.120. The molecule has 0 radical (unpaired) electrons. The van der Waals surface area contributed by atoms with Crippen molar-refractivity contribution in [1.29, 1.82) is 0 Å². The second-order valence-corrected chi connectivity index (χ2v) is 11.9. The van der Waals surface area contributed by atoms with Crippen molar-refractivity contribution in [3.63, 3.8) is 0 Å². The van der Waals surface area contributed by atoms with E-state index in [0.29, 0.717) is 39.0 Å². The van der Waals surface area contributed by atoms with Crippen molar-refractivity contribution in [3.8, 4) is 0 Å². The maximum Gasteiger partial charge on any atom is 0.408 e. The second-order valence-electron chi connectivity index (χ2n) is 11.9. The van der Waals surface area contributed by atoms with Gasteiger partial charge >= 0.3 is 12.2 Å². The Labute approximate surface area is 232 Å². The average molecular weight is 554 g/mol. The largest absolute Gasteiger partial charge is 0.447 e. The minimum absolute atomic E-state index is 0.0306. The van der Waals surface area contributed by atoms with Crippen LogP contribution in [0.15, 0.2) is 11.6 Å². The van der Waals surface area contributed by atoms with Gasteiger partial charge < -0.3 is 39.6 Å². The third-order valence-corrected chi connectivity index (χ3v) is 7.77. The molecule has 3 amide bonds. The number of alkyl carbamates (subject to hydrolysis) is 2. The van der Waals surface area contributed by atoms with Crippen LogP contribution in [-0.2, 0) is 28.5 Å². The molecule has 2 saturated heterocycles. The number of allylic oxidation sites excluding steroid dienone is 1. The number of ether oxygens (including phenoxy) is 5. The first-order valence-corrected chi connectivity index (χ1v) is 14.0. The van der Waals surface area contributed by atoms with E-state index in [4.69, 9.17) is 23.7 Å². The lowest BCUT2D eigenvalue weighted by Crippen LogP contribution is -2.57. The standard InChI is InChI=1S/C28H47N3O8/c1-8-21(32)29-14-9-15-30-24(33)36-16-26(4,5)31-25(34)38-19-12-13-28(17-37-28)23(22(19)35-7)27(6)20(39-27)11-10-18(2)3/h10,19-20,22-23H,8-9,11-17H2,1-7H3,(H,29,32)(H,30,33)(H,31,34)/t19?,20-,22?,23?,27+,28+/m1/s1. The van der Waals surface area contributed by atoms with Gasteiger partial charge in [-0.15, -0.1) is 0 Å². The van der Waals surface area contributed by atoms with Crippen LogP contribution >= 0.6 is 0 Å². The van der Waals surface area contributed by atoms with Crippen LogP contribution in [-0.4, -0.2) is 86.6 Å². The fourth-order valence-electron chi connectivity index (χ4n) is 5.48. The maximum absolute atomic E-state index is 12.9. The molecule has 3 fully saturated rings. The number of methoxy groups -OCH3 is 1. The topological polar surface area (TPSA) is 140 Å². The predicted molar refractivity (Wildman–Crippen MR) is 144 cm³/mol. The van der Waals surface area contributed by atoms with Crippen LogP contribution in [0, 0.1) is 5.92 Å². The van der Waals surface area contributed by atoms with Gasteiger partial charge in [0.2, 0.25) is 5.91 Å². The fourth-order valence-corrected chi connectivity index (χ4v) is 5.48. The lowest BCUT2D eigenvalue weighted by Gasteiger charge is -2.42. The molecule has 11 nitrogen and oxygen atoms in total. The van der Waals surface area contributed by atoms with E-state index in [2.05, 4.69) is 42.8 Å². The molecule has 222 valence electrons. The summed E-state index contributed by atoms with van der Waals surface area (Å²) in [5.74, 6) is -0.0931. The van der Waals surface area contributed by atoms with Crippen LogP contribution in [0.3, 0.4) is 0 Å². The summed E-state index contributed by atoms with van der Waals surface area (Å²) in [6.07, 6.45) is 3.44. The van der Waals surface area contributed by atoms with Crippen molar-refractivity contribution in [1.82, 2.24) is 16.0 Å². The molecule has 0 aromatic carbocycles. The highest BCUT2D eigenvalue weighted by molar-refractivity contribution is 5.75. The molecule has 0 aromatic heterocycles. The number of rotatable bonds is 13. The van der Waals surface area contributed by atoms with Crippen LogP contribution in [0.2, 0.25) is 0 Å². The molecule has 0 bridgehead atoms. The number of carbonyl (C=O) groups is 3. The Morgan fingerprint density at radius 3 is 2.44 bits per heavy atom. The van der Waals surface area contributed by atoms with E-state index >= 15 is 0 Å². The number of hydrogen-bond acceptors (Lipinski definition) is 8. The van der Waals surface area contributed by atoms with Gasteiger partial charge in [-0.05, 0) is 60.3 Å². The Morgan fingerprint density at radius 1 is 1.13 bits per heavy atom. The third-order valence-electron chi connectivity index (χ3n) is 7.77. The van der Waals surface area contributed by atoms with Crippen LogP contribution in [0.25, 0.3) is 0 Å². The molecule has 0 aromatic rings. The summed E-state index contributed by atoms with van der Waals surface area (Å²) in [4.78, 5) is 36.2. The van der Waals surface area contributed by atoms with Gasteiger partial charge in [-0.25, -0.2) is 9.59 Å². The highest BCUT2D eigenvalue weighted by Crippen LogP contribution is 2.59. The van der Waals surface area contributed by atoms with E-state index in [9.17, 15) is 14.4 Å². The molecular formula is C28H47N3O8. The number of hydrogen-bond donors (Lipinski definition) is 3. The third kappa shape index (κ3) is 8.31. The zero-order valence-corrected chi connectivity index (χ0v) is 24.5. The maximum atomic E-state index is 12.9. The molecule has 2 heterocycles. The van der Waals surface area contributed by atoms with Crippen LogP contribution < -0.4 is 16.0 Å². The Kier molecular flexibility index (Phi) is 10.3. The second kappa shape index (κ2) is 12.9. The van der Waals surface area contributed by atoms with E-state index in [-0.39, 0.29) is 36.2 Å². The summed E-state index contributed by atoms with van der Waals surface area (Å²) in [6.45, 7) is 13.0. The molecule has 1 saturated carbocycles. The number of carbonyl (C=O) groups excluding carboxylic acids is 3. The zero-order chi connectivity index (χ0) is 28.8. The number of epoxide rings is 2. The van der Waals surface area contributed by atoms with Crippen molar-refractivity contribution in [2.24, 2.45) is 5.92 Å². The van der Waals surface area contributed by atoms with Crippen LogP contribution in [0.1, 0.15) is 73.6 Å². The minimum Gasteiger partial charge on any atom is -0.447 e.